The van der Waals surface area contributed by atoms with Crippen LogP contribution in [0.1, 0.15) is 35.1 Å². The third-order valence-corrected chi connectivity index (χ3v) is 6.46. The van der Waals surface area contributed by atoms with Crippen molar-refractivity contribution in [2.24, 2.45) is 0 Å². The molecule has 5 heteroatoms. The normalized spacial score (nSPS) is 15.6. The average molecular weight is 390 g/mol. The van der Waals surface area contributed by atoms with E-state index < -0.39 is 0 Å². The van der Waals surface area contributed by atoms with Crippen molar-refractivity contribution in [3.8, 4) is 11.1 Å². The molecule has 5 nitrogen and oxygen atoms in total. The molecule has 0 fully saturated rings. The van der Waals surface area contributed by atoms with Gasteiger partial charge in [0.1, 0.15) is 5.58 Å². The molecule has 0 atom stereocenters. The van der Waals surface area contributed by atoms with Gasteiger partial charge < -0.3 is 20.2 Å². The number of nitrogens with two attached hydrogens (primary N) is 1. The van der Waals surface area contributed by atoms with Gasteiger partial charge in [0.05, 0.1) is 5.56 Å². The summed E-state index contributed by atoms with van der Waals surface area (Å²) in [5, 5.41) is 10.4. The Kier molecular flexibility index (Phi) is 4.36. The van der Waals surface area contributed by atoms with Gasteiger partial charge in [0.25, 0.3) is 0 Å². The maximum Gasteiger partial charge on any atom is 0.344 e. The first-order valence-corrected chi connectivity index (χ1v) is 10.4. The zero-order valence-corrected chi connectivity index (χ0v) is 16.8. The molecule has 3 heterocycles. The summed E-state index contributed by atoms with van der Waals surface area (Å²) in [6.07, 6.45) is 4.76. The van der Waals surface area contributed by atoms with Gasteiger partial charge in [-0.3, -0.25) is 0 Å². The number of fused-ring (bicyclic) bond motifs is 2. The molecule has 2 aromatic carbocycles. The van der Waals surface area contributed by atoms with Gasteiger partial charge in [-0.1, -0.05) is 6.07 Å². The SMILES string of the molecule is Cc1c(-c2ccc(N)c(CCO)c2)c(=O)oc2c3c4c(cc12)CCCN4CCC3. The van der Waals surface area contributed by atoms with E-state index in [4.69, 9.17) is 10.2 Å². The third kappa shape index (κ3) is 2.84. The first-order chi connectivity index (χ1) is 14.1. The lowest BCUT2D eigenvalue weighted by molar-refractivity contribution is 0.300. The molecule has 0 aliphatic carbocycles. The van der Waals surface area contributed by atoms with Gasteiger partial charge >= 0.3 is 5.63 Å². The van der Waals surface area contributed by atoms with Gasteiger partial charge in [0.15, 0.2) is 0 Å². The number of nitrogen functional groups attached to an aromatic ring is 1. The lowest BCUT2D eigenvalue weighted by Crippen LogP contribution is -2.34. The number of aliphatic hydroxyl groups excluding tert-OH is 1. The van der Waals surface area contributed by atoms with Gasteiger partial charge in [-0.25, -0.2) is 4.79 Å². The van der Waals surface area contributed by atoms with Gasteiger partial charge in [0.2, 0.25) is 0 Å². The van der Waals surface area contributed by atoms with Crippen LogP contribution in [0.2, 0.25) is 0 Å². The predicted molar refractivity (Wildman–Crippen MR) is 117 cm³/mol. The van der Waals surface area contributed by atoms with Crippen LogP contribution in [0.4, 0.5) is 11.4 Å². The van der Waals surface area contributed by atoms with E-state index in [-0.39, 0.29) is 12.2 Å². The molecule has 2 aliphatic rings. The van der Waals surface area contributed by atoms with E-state index in [1.165, 1.54) is 23.2 Å². The fourth-order valence-corrected chi connectivity index (χ4v) is 5.09. The van der Waals surface area contributed by atoms with Gasteiger partial charge in [-0.2, -0.15) is 0 Å². The Labute approximate surface area is 169 Å². The number of aliphatic hydroxyl groups is 1. The highest BCUT2D eigenvalue weighted by atomic mass is 16.4. The Morgan fingerprint density at radius 2 is 1.97 bits per heavy atom. The van der Waals surface area contributed by atoms with E-state index in [9.17, 15) is 9.90 Å². The smallest absolute Gasteiger partial charge is 0.344 e. The number of benzene rings is 2. The van der Waals surface area contributed by atoms with Crippen molar-refractivity contribution < 1.29 is 9.52 Å². The molecule has 3 aromatic rings. The van der Waals surface area contributed by atoms with Crippen LogP contribution in [-0.2, 0) is 19.3 Å². The second kappa shape index (κ2) is 6.92. The zero-order valence-electron chi connectivity index (χ0n) is 16.8. The summed E-state index contributed by atoms with van der Waals surface area (Å²) < 4.78 is 5.97. The molecule has 0 radical (unpaired) electrons. The minimum Gasteiger partial charge on any atom is -0.422 e. The van der Waals surface area contributed by atoms with Crippen molar-refractivity contribution in [2.75, 3.05) is 30.3 Å². The van der Waals surface area contributed by atoms with Crippen molar-refractivity contribution in [1.29, 1.82) is 0 Å². The predicted octanol–water partition coefficient (Wildman–Crippen LogP) is 3.58. The third-order valence-electron chi connectivity index (χ3n) is 6.46. The number of hydrogen-bond donors (Lipinski definition) is 2. The number of rotatable bonds is 3. The number of nitrogens with zero attached hydrogens (tertiary/aromatic N) is 1. The molecule has 0 saturated carbocycles. The second-order valence-corrected chi connectivity index (χ2v) is 8.21. The van der Waals surface area contributed by atoms with E-state index >= 15 is 0 Å². The number of hydrogen-bond acceptors (Lipinski definition) is 5. The molecule has 150 valence electrons. The maximum atomic E-state index is 13.1. The van der Waals surface area contributed by atoms with Crippen LogP contribution in [0.25, 0.3) is 22.1 Å². The fraction of sp³-hybridized carbons (Fsp3) is 0.375. The molecule has 29 heavy (non-hydrogen) atoms. The van der Waals surface area contributed by atoms with Crippen molar-refractivity contribution >= 4 is 22.3 Å². The molecule has 0 bridgehead atoms. The van der Waals surface area contributed by atoms with E-state index in [0.717, 1.165) is 60.0 Å². The molecular weight excluding hydrogens is 364 g/mol. The standard InChI is InChI=1S/C24H26N2O3/c1-14-19-13-17-4-2-9-26-10-3-5-18(22(17)26)23(19)29-24(28)21(14)16-6-7-20(25)15(12-16)8-11-27/h6-7,12-13,27H,2-5,8-11,25H2,1H3. The average Bonchev–Trinajstić information content (AvgIpc) is 2.72. The van der Waals surface area contributed by atoms with E-state index in [0.29, 0.717) is 17.7 Å². The number of anilines is 2. The quantitative estimate of drug-likeness (QED) is 0.528. The summed E-state index contributed by atoms with van der Waals surface area (Å²) in [5.41, 5.74) is 14.2. The minimum atomic E-state index is -0.307. The molecule has 0 spiro atoms. The van der Waals surface area contributed by atoms with E-state index in [2.05, 4.69) is 11.0 Å². The molecule has 0 unspecified atom stereocenters. The van der Waals surface area contributed by atoms with Gasteiger partial charge in [-0.05, 0) is 79.5 Å². The minimum absolute atomic E-state index is 0.0188. The monoisotopic (exact) mass is 390 g/mol. The lowest BCUT2D eigenvalue weighted by Gasteiger charge is -2.37. The second-order valence-electron chi connectivity index (χ2n) is 8.21. The van der Waals surface area contributed by atoms with Crippen molar-refractivity contribution in [3.63, 3.8) is 0 Å². The van der Waals surface area contributed by atoms with E-state index in [1.54, 1.807) is 6.07 Å². The van der Waals surface area contributed by atoms with Crippen LogP contribution >= 0.6 is 0 Å². The summed E-state index contributed by atoms with van der Waals surface area (Å²) >= 11 is 0. The Morgan fingerprint density at radius 1 is 1.17 bits per heavy atom. The molecule has 2 aliphatic heterocycles. The van der Waals surface area contributed by atoms with Crippen LogP contribution in [0.3, 0.4) is 0 Å². The highest BCUT2D eigenvalue weighted by molar-refractivity contribution is 5.94. The summed E-state index contributed by atoms with van der Waals surface area (Å²) in [7, 11) is 0. The van der Waals surface area contributed by atoms with Crippen LogP contribution in [0.5, 0.6) is 0 Å². The highest BCUT2D eigenvalue weighted by Gasteiger charge is 2.28. The van der Waals surface area contributed by atoms with Crippen molar-refractivity contribution in [2.45, 2.75) is 39.0 Å². The molecule has 3 N–H and O–H groups in total. The van der Waals surface area contributed by atoms with Crippen molar-refractivity contribution in [3.05, 3.63) is 56.9 Å². The highest BCUT2D eigenvalue weighted by Crippen LogP contribution is 2.41. The molecule has 0 saturated heterocycles. The fourth-order valence-electron chi connectivity index (χ4n) is 5.09. The molecule has 1 aromatic heterocycles. The van der Waals surface area contributed by atoms with Gasteiger partial charge in [-0.15, -0.1) is 0 Å². The topological polar surface area (TPSA) is 79.7 Å². The largest absolute Gasteiger partial charge is 0.422 e. The maximum absolute atomic E-state index is 13.1. The summed E-state index contributed by atoms with van der Waals surface area (Å²) in [6.45, 7) is 4.21. The number of aryl methyl sites for hydroxylation is 3. The molecular formula is C24H26N2O3. The van der Waals surface area contributed by atoms with E-state index in [1.807, 2.05) is 19.1 Å². The van der Waals surface area contributed by atoms with Crippen LogP contribution in [0, 0.1) is 6.92 Å². The first kappa shape index (κ1) is 18.3. The molecule has 0 amide bonds. The van der Waals surface area contributed by atoms with Crippen LogP contribution < -0.4 is 16.3 Å². The van der Waals surface area contributed by atoms with Crippen LogP contribution in [-0.4, -0.2) is 24.8 Å². The summed E-state index contributed by atoms with van der Waals surface area (Å²) in [4.78, 5) is 15.5. The van der Waals surface area contributed by atoms with Gasteiger partial charge in [0, 0.05) is 42.0 Å². The van der Waals surface area contributed by atoms with Crippen LogP contribution in [0.15, 0.2) is 33.5 Å². The summed E-state index contributed by atoms with van der Waals surface area (Å²) in [5.74, 6) is 0. The Hall–Kier alpha value is -2.79. The zero-order chi connectivity index (χ0) is 20.1. The Balaban J connectivity index is 1.77. The lowest BCUT2D eigenvalue weighted by atomic mass is 9.88. The summed E-state index contributed by atoms with van der Waals surface area (Å²) in [6, 6.07) is 7.81. The van der Waals surface area contributed by atoms with Crippen molar-refractivity contribution in [1.82, 2.24) is 0 Å². The molecule has 5 rings (SSSR count). The Morgan fingerprint density at radius 3 is 2.76 bits per heavy atom. The first-order valence-electron chi connectivity index (χ1n) is 10.4. The Bertz CT molecular complexity index is 1180.